The normalized spacial score (nSPS) is 16.0. The zero-order chi connectivity index (χ0) is 21.6. The maximum atomic E-state index is 13.0. The van der Waals surface area contributed by atoms with Crippen molar-refractivity contribution in [3.63, 3.8) is 0 Å². The first-order chi connectivity index (χ1) is 15.1. The Morgan fingerprint density at radius 3 is 2.97 bits per heavy atom. The Hall–Kier alpha value is -3.68. The van der Waals surface area contributed by atoms with Crippen LogP contribution in [0.5, 0.6) is 5.75 Å². The molecule has 2 N–H and O–H groups in total. The number of aromatic amines is 1. The van der Waals surface area contributed by atoms with E-state index in [1.54, 1.807) is 30.5 Å². The minimum atomic E-state index is -0.232. The number of hydrogen-bond acceptors (Lipinski definition) is 5. The van der Waals surface area contributed by atoms with Crippen molar-refractivity contribution in [3.05, 3.63) is 66.1 Å². The van der Waals surface area contributed by atoms with Crippen LogP contribution >= 0.6 is 0 Å². The van der Waals surface area contributed by atoms with E-state index in [9.17, 15) is 9.59 Å². The summed E-state index contributed by atoms with van der Waals surface area (Å²) in [5.41, 5.74) is 2.89. The van der Waals surface area contributed by atoms with Crippen LogP contribution in [0, 0.1) is 5.92 Å². The lowest BCUT2D eigenvalue weighted by Gasteiger charge is -2.31. The number of nitrogens with one attached hydrogen (secondary N) is 2. The lowest BCUT2D eigenvalue weighted by Crippen LogP contribution is -2.45. The summed E-state index contributed by atoms with van der Waals surface area (Å²) in [6.45, 7) is 1.44. The Morgan fingerprint density at radius 1 is 1.26 bits per heavy atom. The second-order valence-electron chi connectivity index (χ2n) is 7.57. The van der Waals surface area contributed by atoms with Crippen molar-refractivity contribution < 1.29 is 14.3 Å². The zero-order valence-electron chi connectivity index (χ0n) is 17.4. The maximum Gasteiger partial charge on any atom is 0.271 e. The van der Waals surface area contributed by atoms with Crippen molar-refractivity contribution in [1.29, 1.82) is 0 Å². The molecule has 0 radical (unpaired) electrons. The number of hydrogen-bond donors (Lipinski definition) is 2. The van der Waals surface area contributed by atoms with Crippen LogP contribution in [0.2, 0.25) is 0 Å². The molecule has 1 aromatic carbocycles. The number of likely N-dealkylation sites (tertiary alicyclic amines) is 1. The molecule has 1 aliphatic heterocycles. The van der Waals surface area contributed by atoms with Gasteiger partial charge in [-0.3, -0.25) is 19.7 Å². The maximum absolute atomic E-state index is 13.0. The van der Waals surface area contributed by atoms with Crippen LogP contribution in [0.1, 0.15) is 28.9 Å². The van der Waals surface area contributed by atoms with E-state index in [0.717, 1.165) is 29.7 Å². The number of piperidine rings is 1. The van der Waals surface area contributed by atoms with Gasteiger partial charge in [-0.25, -0.2) is 0 Å². The molecule has 160 valence electrons. The molecular weight excluding hydrogens is 394 g/mol. The highest BCUT2D eigenvalue weighted by Crippen LogP contribution is 2.21. The summed E-state index contributed by atoms with van der Waals surface area (Å²) in [6.07, 6.45) is 4.94. The summed E-state index contributed by atoms with van der Waals surface area (Å²) in [7, 11) is 1.62. The lowest BCUT2D eigenvalue weighted by atomic mass is 9.96. The quantitative estimate of drug-likeness (QED) is 0.640. The smallest absolute Gasteiger partial charge is 0.271 e. The number of rotatable bonds is 6. The largest absolute Gasteiger partial charge is 0.497 e. The average Bonchev–Trinajstić information content (AvgIpc) is 3.33. The van der Waals surface area contributed by atoms with Crippen LogP contribution in [0.25, 0.3) is 11.3 Å². The molecule has 8 nitrogen and oxygen atoms in total. The zero-order valence-corrected chi connectivity index (χ0v) is 17.4. The molecule has 0 bridgehead atoms. The van der Waals surface area contributed by atoms with Crippen LogP contribution in [-0.2, 0) is 11.3 Å². The van der Waals surface area contributed by atoms with E-state index < -0.39 is 0 Å². The summed E-state index contributed by atoms with van der Waals surface area (Å²) >= 11 is 0. The third-order valence-electron chi connectivity index (χ3n) is 5.45. The van der Waals surface area contributed by atoms with Crippen LogP contribution in [0.15, 0.2) is 54.9 Å². The molecule has 1 aliphatic rings. The van der Waals surface area contributed by atoms with Gasteiger partial charge in [-0.2, -0.15) is 5.10 Å². The van der Waals surface area contributed by atoms with Crippen LogP contribution in [0.3, 0.4) is 0 Å². The SMILES string of the molecule is COc1cccc(CNC(=O)[C@@H]2CCCN(C(=O)c3cc(-c4cccnc4)n[nH]3)C2)c1. The monoisotopic (exact) mass is 419 g/mol. The molecule has 2 aromatic heterocycles. The first kappa shape index (κ1) is 20.6. The fourth-order valence-electron chi connectivity index (χ4n) is 3.76. The van der Waals surface area contributed by atoms with Gasteiger partial charge in [-0.15, -0.1) is 0 Å². The second kappa shape index (κ2) is 9.42. The highest BCUT2D eigenvalue weighted by Gasteiger charge is 2.29. The van der Waals surface area contributed by atoms with E-state index in [0.29, 0.717) is 31.0 Å². The van der Waals surface area contributed by atoms with Gasteiger partial charge in [0.25, 0.3) is 5.91 Å². The van der Waals surface area contributed by atoms with Gasteiger partial charge in [-0.05, 0) is 48.7 Å². The molecule has 0 unspecified atom stereocenters. The van der Waals surface area contributed by atoms with Gasteiger partial charge in [0, 0.05) is 37.6 Å². The number of amides is 2. The fourth-order valence-corrected chi connectivity index (χ4v) is 3.76. The summed E-state index contributed by atoms with van der Waals surface area (Å²) in [4.78, 5) is 31.5. The molecule has 3 aromatic rings. The highest BCUT2D eigenvalue weighted by molar-refractivity contribution is 5.94. The number of carbonyl (C=O) groups is 2. The van der Waals surface area contributed by atoms with Crippen LogP contribution < -0.4 is 10.1 Å². The number of methoxy groups -OCH3 is 1. The first-order valence-corrected chi connectivity index (χ1v) is 10.3. The molecular formula is C23H25N5O3. The third kappa shape index (κ3) is 4.91. The molecule has 4 rings (SSSR count). The Labute approximate surface area is 180 Å². The van der Waals surface area contributed by atoms with Crippen molar-refractivity contribution in [1.82, 2.24) is 25.4 Å². The predicted octanol–water partition coefficient (Wildman–Crippen LogP) is 2.65. The van der Waals surface area contributed by atoms with Crippen molar-refractivity contribution in [3.8, 4) is 17.0 Å². The third-order valence-corrected chi connectivity index (χ3v) is 5.45. The van der Waals surface area contributed by atoms with Crippen molar-refractivity contribution in [2.45, 2.75) is 19.4 Å². The number of ether oxygens (including phenoxy) is 1. The van der Waals surface area contributed by atoms with E-state index in [2.05, 4.69) is 20.5 Å². The average molecular weight is 419 g/mol. The predicted molar refractivity (Wildman–Crippen MR) is 115 cm³/mol. The summed E-state index contributed by atoms with van der Waals surface area (Å²) in [5, 5.41) is 10.0. The van der Waals surface area contributed by atoms with E-state index in [-0.39, 0.29) is 17.7 Å². The molecule has 0 aliphatic carbocycles. The highest BCUT2D eigenvalue weighted by atomic mass is 16.5. The Morgan fingerprint density at radius 2 is 2.16 bits per heavy atom. The van der Waals surface area contributed by atoms with Gasteiger partial charge >= 0.3 is 0 Å². The lowest BCUT2D eigenvalue weighted by molar-refractivity contribution is -0.126. The molecule has 3 heterocycles. The van der Waals surface area contributed by atoms with E-state index in [4.69, 9.17) is 4.74 Å². The second-order valence-corrected chi connectivity index (χ2v) is 7.57. The van der Waals surface area contributed by atoms with Gasteiger partial charge in [-0.1, -0.05) is 12.1 Å². The molecule has 0 saturated carbocycles. The standard InChI is InChI=1S/C23H25N5O3/c1-31-19-8-2-5-16(11-19)13-25-22(29)18-7-4-10-28(15-18)23(30)21-12-20(26-27-21)17-6-3-9-24-14-17/h2-3,5-6,8-9,11-12,14,18H,4,7,10,13,15H2,1H3,(H,25,29)(H,26,27)/t18-/m1/s1. The summed E-state index contributed by atoms with van der Waals surface area (Å²) < 4.78 is 5.22. The Kier molecular flexibility index (Phi) is 6.26. The minimum Gasteiger partial charge on any atom is -0.497 e. The van der Waals surface area contributed by atoms with E-state index >= 15 is 0 Å². The summed E-state index contributed by atoms with van der Waals surface area (Å²) in [6, 6.07) is 13.0. The van der Waals surface area contributed by atoms with Crippen molar-refractivity contribution >= 4 is 11.8 Å². The molecule has 1 fully saturated rings. The molecule has 1 atom stereocenters. The van der Waals surface area contributed by atoms with Crippen LogP contribution in [-0.4, -0.2) is 52.1 Å². The van der Waals surface area contributed by atoms with Crippen LogP contribution in [0.4, 0.5) is 0 Å². The first-order valence-electron chi connectivity index (χ1n) is 10.3. The number of pyridine rings is 1. The van der Waals surface area contributed by atoms with Gasteiger partial charge in [0.1, 0.15) is 11.4 Å². The molecule has 0 spiro atoms. The number of benzene rings is 1. The Balaban J connectivity index is 1.36. The summed E-state index contributed by atoms with van der Waals surface area (Å²) in [5.74, 6) is 0.337. The van der Waals surface area contributed by atoms with Crippen molar-refractivity contribution in [2.24, 2.45) is 5.92 Å². The number of aromatic nitrogens is 3. The Bertz CT molecular complexity index is 1050. The minimum absolute atomic E-state index is 0.0408. The van der Waals surface area contributed by atoms with Gasteiger partial charge in [0.15, 0.2) is 0 Å². The molecule has 31 heavy (non-hydrogen) atoms. The van der Waals surface area contributed by atoms with Gasteiger partial charge < -0.3 is 15.0 Å². The number of nitrogens with zero attached hydrogens (tertiary/aromatic N) is 3. The molecule has 8 heteroatoms. The van der Waals surface area contributed by atoms with E-state index in [1.165, 1.54) is 0 Å². The number of H-pyrrole nitrogens is 1. The van der Waals surface area contributed by atoms with Crippen molar-refractivity contribution in [2.75, 3.05) is 20.2 Å². The van der Waals surface area contributed by atoms with Gasteiger partial charge in [0.05, 0.1) is 18.7 Å². The topological polar surface area (TPSA) is 100 Å². The molecule has 2 amide bonds. The molecule has 1 saturated heterocycles. The fraction of sp³-hybridized carbons (Fsp3) is 0.304. The van der Waals surface area contributed by atoms with E-state index in [1.807, 2.05) is 36.4 Å². The van der Waals surface area contributed by atoms with Gasteiger partial charge in [0.2, 0.25) is 5.91 Å². The number of carbonyl (C=O) groups excluding carboxylic acids is 2.